The molecule has 9 heteroatoms. The zero-order valence-electron chi connectivity index (χ0n) is 21.8. The second-order valence-corrected chi connectivity index (χ2v) is 10.5. The van der Waals surface area contributed by atoms with E-state index in [1.54, 1.807) is 36.3 Å². The van der Waals surface area contributed by atoms with Gasteiger partial charge in [0.25, 0.3) is 0 Å². The maximum Gasteiger partial charge on any atom is 0.246 e. The second-order valence-electron chi connectivity index (χ2n) is 10.5. The molecule has 1 aromatic carbocycles. The summed E-state index contributed by atoms with van der Waals surface area (Å²) in [6.45, 7) is 5.16. The molecule has 5 rings (SSSR count). The van der Waals surface area contributed by atoms with Gasteiger partial charge in [-0.25, -0.2) is 0 Å². The quantitative estimate of drug-likeness (QED) is 0.494. The van der Waals surface area contributed by atoms with Gasteiger partial charge in [-0.3, -0.25) is 14.4 Å². The maximum atomic E-state index is 13.8. The van der Waals surface area contributed by atoms with Gasteiger partial charge in [-0.2, -0.15) is 0 Å². The van der Waals surface area contributed by atoms with E-state index in [4.69, 9.17) is 14.2 Å². The van der Waals surface area contributed by atoms with Crippen molar-refractivity contribution < 1.29 is 28.6 Å². The molecule has 9 nitrogen and oxygen atoms in total. The first kappa shape index (κ1) is 25.7. The van der Waals surface area contributed by atoms with Gasteiger partial charge in [0.1, 0.15) is 17.4 Å². The third-order valence-electron chi connectivity index (χ3n) is 8.33. The van der Waals surface area contributed by atoms with Crippen LogP contribution in [0.3, 0.4) is 0 Å². The lowest BCUT2D eigenvalue weighted by molar-refractivity contribution is -0.142. The van der Waals surface area contributed by atoms with Crippen LogP contribution in [-0.4, -0.2) is 73.3 Å². The third kappa shape index (κ3) is 4.52. The molecule has 0 radical (unpaired) electrons. The molecule has 2 N–H and O–H groups in total. The molecule has 3 amide bonds. The van der Waals surface area contributed by atoms with Crippen molar-refractivity contribution in [3.8, 4) is 5.75 Å². The Morgan fingerprint density at radius 3 is 2.62 bits per heavy atom. The summed E-state index contributed by atoms with van der Waals surface area (Å²) in [7, 11) is 1.56. The van der Waals surface area contributed by atoms with Gasteiger partial charge < -0.3 is 29.7 Å². The first-order valence-electron chi connectivity index (χ1n) is 13.4. The number of hydrogen-bond donors (Lipinski definition) is 2. The Labute approximate surface area is 217 Å². The van der Waals surface area contributed by atoms with Crippen LogP contribution in [0.5, 0.6) is 5.75 Å². The summed E-state index contributed by atoms with van der Waals surface area (Å²) in [5, 5.41) is 6.16. The minimum atomic E-state index is -1.17. The van der Waals surface area contributed by atoms with Crippen LogP contribution in [0.25, 0.3) is 0 Å². The molecule has 0 aromatic heterocycles. The summed E-state index contributed by atoms with van der Waals surface area (Å²) >= 11 is 0. The van der Waals surface area contributed by atoms with Crippen LogP contribution >= 0.6 is 0 Å². The largest absolute Gasteiger partial charge is 0.494 e. The maximum absolute atomic E-state index is 13.8. The minimum absolute atomic E-state index is 0.0671. The molecule has 200 valence electrons. The van der Waals surface area contributed by atoms with Crippen molar-refractivity contribution in [3.63, 3.8) is 0 Å². The molecule has 7 unspecified atom stereocenters. The van der Waals surface area contributed by atoms with E-state index in [1.165, 1.54) is 6.42 Å². The number of nitrogens with zero attached hydrogens (tertiary/aromatic N) is 1. The first-order chi connectivity index (χ1) is 17.9. The van der Waals surface area contributed by atoms with Crippen molar-refractivity contribution in [2.24, 2.45) is 17.8 Å². The van der Waals surface area contributed by atoms with Gasteiger partial charge in [0.05, 0.1) is 31.2 Å². The summed E-state index contributed by atoms with van der Waals surface area (Å²) in [6.07, 6.45) is 7.34. The lowest BCUT2D eigenvalue weighted by Crippen LogP contribution is -2.57. The molecule has 3 heterocycles. The average Bonchev–Trinajstić information content (AvgIpc) is 3.53. The van der Waals surface area contributed by atoms with Gasteiger partial charge in [0.2, 0.25) is 17.7 Å². The molecule has 2 saturated heterocycles. The van der Waals surface area contributed by atoms with Crippen LogP contribution in [0, 0.1) is 17.8 Å². The number of amides is 3. The summed E-state index contributed by atoms with van der Waals surface area (Å²) in [6, 6.07) is 6.34. The molecular formula is C28H37N3O6. The van der Waals surface area contributed by atoms with Crippen molar-refractivity contribution in [2.75, 3.05) is 32.2 Å². The lowest BCUT2D eigenvalue weighted by atomic mass is 9.74. The highest BCUT2D eigenvalue weighted by Gasteiger charge is 2.72. The fraction of sp³-hybridized carbons (Fsp3) is 0.607. The Hall–Kier alpha value is -2.91. The highest BCUT2D eigenvalue weighted by molar-refractivity contribution is 6.02. The Balaban J connectivity index is 1.39. The third-order valence-corrected chi connectivity index (χ3v) is 8.33. The van der Waals surface area contributed by atoms with Gasteiger partial charge >= 0.3 is 0 Å². The minimum Gasteiger partial charge on any atom is -0.494 e. The number of fused-ring (bicyclic) bond motifs is 1. The Morgan fingerprint density at radius 1 is 1.16 bits per heavy atom. The summed E-state index contributed by atoms with van der Waals surface area (Å²) < 4.78 is 17.1. The van der Waals surface area contributed by atoms with Gasteiger partial charge in [-0.15, -0.1) is 0 Å². The summed E-state index contributed by atoms with van der Waals surface area (Å²) in [5.74, 6) is -1.18. The number of hydrogen-bond acceptors (Lipinski definition) is 6. The van der Waals surface area contributed by atoms with E-state index < -0.39 is 29.6 Å². The molecule has 7 atom stereocenters. The van der Waals surface area contributed by atoms with Gasteiger partial charge in [0.15, 0.2) is 0 Å². The lowest BCUT2D eigenvalue weighted by Gasteiger charge is -2.35. The van der Waals surface area contributed by atoms with E-state index in [9.17, 15) is 14.4 Å². The zero-order chi connectivity index (χ0) is 26.2. The number of methoxy groups -OCH3 is 1. The highest BCUT2D eigenvalue weighted by atomic mass is 16.5. The van der Waals surface area contributed by atoms with Crippen molar-refractivity contribution in [1.82, 2.24) is 10.2 Å². The van der Waals surface area contributed by atoms with E-state index in [1.807, 2.05) is 19.1 Å². The number of ether oxygens (including phenoxy) is 3. The smallest absolute Gasteiger partial charge is 0.246 e. The molecule has 1 saturated carbocycles. The van der Waals surface area contributed by atoms with Crippen LogP contribution in [0.1, 0.15) is 39.5 Å². The fourth-order valence-electron chi connectivity index (χ4n) is 6.52. The second kappa shape index (κ2) is 10.5. The molecule has 1 aromatic rings. The number of anilines is 1. The molecule has 37 heavy (non-hydrogen) atoms. The molecule has 3 fully saturated rings. The predicted molar refractivity (Wildman–Crippen MR) is 137 cm³/mol. The number of nitrogens with one attached hydrogen (secondary N) is 2. The fourth-order valence-corrected chi connectivity index (χ4v) is 6.52. The highest BCUT2D eigenvalue weighted by Crippen LogP contribution is 2.55. The molecule has 1 spiro atoms. The van der Waals surface area contributed by atoms with Crippen LogP contribution in [-0.2, 0) is 23.9 Å². The topological polar surface area (TPSA) is 106 Å². The number of carbonyl (C=O) groups excluding carboxylic acids is 3. The van der Waals surface area contributed by atoms with Gasteiger partial charge in [0, 0.05) is 25.4 Å². The Morgan fingerprint density at radius 2 is 1.92 bits per heavy atom. The van der Waals surface area contributed by atoms with Gasteiger partial charge in [-0.1, -0.05) is 31.9 Å². The van der Waals surface area contributed by atoms with Crippen LogP contribution < -0.4 is 15.4 Å². The van der Waals surface area contributed by atoms with Crippen LogP contribution in [0.15, 0.2) is 36.4 Å². The number of likely N-dealkylation sites (tertiary alicyclic amines) is 1. The zero-order valence-corrected chi connectivity index (χ0v) is 21.8. The molecule has 3 aliphatic heterocycles. The number of rotatable bonds is 9. The van der Waals surface area contributed by atoms with Crippen LogP contribution in [0.4, 0.5) is 5.69 Å². The van der Waals surface area contributed by atoms with E-state index in [2.05, 4.69) is 17.6 Å². The van der Waals surface area contributed by atoms with Gasteiger partial charge in [-0.05, 0) is 49.9 Å². The van der Waals surface area contributed by atoms with Crippen LogP contribution in [0.2, 0.25) is 0 Å². The Kier molecular flexibility index (Phi) is 7.27. The van der Waals surface area contributed by atoms with Crippen molar-refractivity contribution >= 4 is 23.4 Å². The van der Waals surface area contributed by atoms with Crippen molar-refractivity contribution in [1.29, 1.82) is 0 Å². The molecule has 4 aliphatic rings. The van der Waals surface area contributed by atoms with E-state index in [0.717, 1.165) is 19.3 Å². The standard InChI is InChI=1S/C28H37N3O6/c1-4-36-19-11-9-18(10-12-19)29-25(32)22-21-13-14-28(37-21)23(22)27(34)31(15-16-35-3)24(28)26(33)30-20-8-6-5-7-17(20)2/h9-14,17,20-24H,4-8,15-16H2,1-3H3,(H,29,32)(H,30,33). The number of carbonyl (C=O) groups is 3. The summed E-state index contributed by atoms with van der Waals surface area (Å²) in [4.78, 5) is 42.7. The van der Waals surface area contributed by atoms with E-state index in [0.29, 0.717) is 24.0 Å². The SMILES string of the molecule is CCOc1ccc(NC(=O)C2C3C=CC4(O3)C2C(=O)N(CCOC)C4C(=O)NC2CCCCC2C)cc1. The molecule has 2 bridgehead atoms. The van der Waals surface area contributed by atoms with Crippen molar-refractivity contribution in [3.05, 3.63) is 36.4 Å². The van der Waals surface area contributed by atoms with E-state index >= 15 is 0 Å². The average molecular weight is 512 g/mol. The van der Waals surface area contributed by atoms with Crippen molar-refractivity contribution in [2.45, 2.75) is 63.3 Å². The monoisotopic (exact) mass is 511 g/mol. The number of benzene rings is 1. The normalized spacial score (nSPS) is 33.9. The molecule has 1 aliphatic carbocycles. The summed E-state index contributed by atoms with van der Waals surface area (Å²) in [5.41, 5.74) is -0.560. The predicted octanol–water partition coefficient (Wildman–Crippen LogP) is 2.52. The molecular weight excluding hydrogens is 474 g/mol. The van der Waals surface area contributed by atoms with E-state index in [-0.39, 0.29) is 36.9 Å². The first-order valence-corrected chi connectivity index (χ1v) is 13.4. The Bertz CT molecular complexity index is 1060.